The van der Waals surface area contributed by atoms with Crippen LogP contribution < -0.4 is 5.73 Å². The van der Waals surface area contributed by atoms with Crippen LogP contribution in [0, 0.1) is 35.5 Å². The first-order valence-electron chi connectivity index (χ1n) is 5.95. The predicted molar refractivity (Wildman–Crippen MR) is 54.2 cm³/mol. The zero-order chi connectivity index (χ0) is 9.79. The van der Waals surface area contributed by atoms with Gasteiger partial charge in [0.05, 0.1) is 17.5 Å². The lowest BCUT2D eigenvalue weighted by Gasteiger charge is -2.37. The topological polar surface area (TPSA) is 44.5 Å². The molecule has 2 N–H and O–H groups in total. The van der Waals surface area contributed by atoms with Crippen molar-refractivity contribution in [2.75, 3.05) is 13.2 Å². The summed E-state index contributed by atoms with van der Waals surface area (Å²) < 4.78 is 12.1. The summed E-state index contributed by atoms with van der Waals surface area (Å²) in [6.45, 7) is 1.54. The molecule has 1 heterocycles. The average Bonchev–Trinajstić information content (AvgIpc) is 2.86. The minimum absolute atomic E-state index is 0.0932. The summed E-state index contributed by atoms with van der Waals surface area (Å²) in [4.78, 5) is 0. The van der Waals surface area contributed by atoms with Crippen LogP contribution in [0.15, 0.2) is 0 Å². The average molecular weight is 270 g/mol. The van der Waals surface area contributed by atoms with Crippen LogP contribution >= 0.6 is 15.9 Å². The molecule has 7 rings (SSSR count). The standard InChI is InChI=1S/C11H12BrNO2/c12-10-5-3-4(5)9(13)7(8(9)10)6(3)11(10)14-1-2-15-11/h3-8H,1-2,13H2/t3-,4+,5-,6-,7+,8+,9+,10-/m0/s1. The second kappa shape index (κ2) is 1.57. The Balaban J connectivity index is 1.68. The third-order valence-corrected chi connectivity index (χ3v) is 8.02. The lowest BCUT2D eigenvalue weighted by atomic mass is 9.97. The maximum absolute atomic E-state index is 6.54. The Morgan fingerprint density at radius 1 is 1.07 bits per heavy atom. The van der Waals surface area contributed by atoms with E-state index in [9.17, 15) is 0 Å². The van der Waals surface area contributed by atoms with E-state index in [2.05, 4.69) is 15.9 Å². The van der Waals surface area contributed by atoms with E-state index >= 15 is 0 Å². The van der Waals surface area contributed by atoms with Crippen molar-refractivity contribution >= 4 is 15.9 Å². The number of nitrogens with two attached hydrogens (primary N) is 1. The van der Waals surface area contributed by atoms with Crippen LogP contribution in [0.25, 0.3) is 0 Å². The highest BCUT2D eigenvalue weighted by Crippen LogP contribution is 3.00. The van der Waals surface area contributed by atoms with Crippen LogP contribution in [0.3, 0.4) is 0 Å². The molecule has 3 nitrogen and oxygen atoms in total. The smallest absolute Gasteiger partial charge is 0.187 e. The minimum atomic E-state index is -0.270. The Morgan fingerprint density at radius 3 is 2.20 bits per heavy atom. The number of hydrogen-bond acceptors (Lipinski definition) is 3. The van der Waals surface area contributed by atoms with E-state index in [4.69, 9.17) is 15.2 Å². The quantitative estimate of drug-likeness (QED) is 0.645. The van der Waals surface area contributed by atoms with Crippen molar-refractivity contribution in [1.82, 2.24) is 0 Å². The zero-order valence-corrected chi connectivity index (χ0v) is 9.74. The number of rotatable bonds is 0. The maximum atomic E-state index is 6.54. The van der Waals surface area contributed by atoms with Gasteiger partial charge in [0, 0.05) is 17.4 Å². The second-order valence-electron chi connectivity index (χ2n) is 6.29. The number of hydrogen-bond donors (Lipinski definition) is 1. The van der Waals surface area contributed by atoms with Gasteiger partial charge in [-0.25, -0.2) is 0 Å². The summed E-state index contributed by atoms with van der Waals surface area (Å²) in [5.41, 5.74) is 6.72. The molecular formula is C11H12BrNO2. The molecule has 7 fully saturated rings. The van der Waals surface area contributed by atoms with Gasteiger partial charge in [-0.15, -0.1) is 0 Å². The first kappa shape index (κ1) is 7.64. The van der Waals surface area contributed by atoms with Crippen LogP contribution in [0.5, 0.6) is 0 Å². The Bertz CT molecular complexity index is 436. The molecule has 6 saturated carbocycles. The van der Waals surface area contributed by atoms with E-state index < -0.39 is 0 Å². The van der Waals surface area contributed by atoms with Crippen molar-refractivity contribution in [2.45, 2.75) is 15.7 Å². The highest BCUT2D eigenvalue weighted by molar-refractivity contribution is 9.10. The van der Waals surface area contributed by atoms with Crippen LogP contribution in [-0.4, -0.2) is 28.9 Å². The monoisotopic (exact) mass is 269 g/mol. The summed E-state index contributed by atoms with van der Waals surface area (Å²) >= 11 is 4.01. The highest BCUT2D eigenvalue weighted by atomic mass is 79.9. The summed E-state index contributed by atoms with van der Waals surface area (Å²) in [6, 6.07) is 0. The lowest BCUT2D eigenvalue weighted by Crippen LogP contribution is -2.51. The van der Waals surface area contributed by atoms with E-state index in [1.165, 1.54) is 0 Å². The Hall–Kier alpha value is 0.360. The minimum Gasteiger partial charge on any atom is -0.346 e. The van der Waals surface area contributed by atoms with Gasteiger partial charge < -0.3 is 15.2 Å². The summed E-state index contributed by atoms with van der Waals surface area (Å²) in [5, 5.41) is 0. The van der Waals surface area contributed by atoms with Crippen molar-refractivity contribution in [2.24, 2.45) is 41.2 Å². The Labute approximate surface area is 95.8 Å². The molecule has 0 radical (unpaired) electrons. The van der Waals surface area contributed by atoms with E-state index in [1.54, 1.807) is 0 Å². The normalized spacial score (nSPS) is 82.0. The molecule has 1 aliphatic heterocycles. The van der Waals surface area contributed by atoms with E-state index in [-0.39, 0.29) is 15.7 Å². The van der Waals surface area contributed by atoms with Crippen molar-refractivity contribution in [3.63, 3.8) is 0 Å². The first-order chi connectivity index (χ1) is 7.19. The molecule has 1 spiro atoms. The Kier molecular flexibility index (Phi) is 0.802. The fourth-order valence-corrected chi connectivity index (χ4v) is 8.24. The van der Waals surface area contributed by atoms with Gasteiger partial charge in [-0.3, -0.25) is 0 Å². The molecule has 0 aromatic rings. The Morgan fingerprint density at radius 2 is 1.80 bits per heavy atom. The van der Waals surface area contributed by atoms with E-state index in [1.807, 2.05) is 0 Å². The number of ether oxygens (including phenoxy) is 2. The van der Waals surface area contributed by atoms with Crippen molar-refractivity contribution in [1.29, 1.82) is 0 Å². The molecular weight excluding hydrogens is 258 g/mol. The summed E-state index contributed by atoms with van der Waals surface area (Å²) in [7, 11) is 0. The SMILES string of the molecule is N[C@]12[C@@H]3[C@@H]4[C@H]5[C@@H]1[C@H]2[C@@](Br)([C@@H]43)C51OCCO1. The van der Waals surface area contributed by atoms with Gasteiger partial charge in [-0.05, 0) is 23.7 Å². The molecule has 7 aliphatic rings. The molecule has 4 heteroatoms. The largest absolute Gasteiger partial charge is 0.346 e. The molecule has 6 aliphatic carbocycles. The molecule has 8 atom stereocenters. The number of alkyl halides is 1. The molecule has 0 aromatic carbocycles. The van der Waals surface area contributed by atoms with Gasteiger partial charge in [-0.2, -0.15) is 0 Å². The molecule has 1 saturated heterocycles. The molecule has 0 amide bonds. The van der Waals surface area contributed by atoms with Gasteiger partial charge in [0.15, 0.2) is 5.79 Å². The number of halogens is 1. The maximum Gasteiger partial charge on any atom is 0.187 e. The van der Waals surface area contributed by atoms with Gasteiger partial charge >= 0.3 is 0 Å². The van der Waals surface area contributed by atoms with Crippen LogP contribution in [0.2, 0.25) is 0 Å². The van der Waals surface area contributed by atoms with Crippen LogP contribution in [-0.2, 0) is 9.47 Å². The van der Waals surface area contributed by atoms with Crippen molar-refractivity contribution in [3.8, 4) is 0 Å². The van der Waals surface area contributed by atoms with Crippen molar-refractivity contribution in [3.05, 3.63) is 0 Å². The molecule has 15 heavy (non-hydrogen) atoms. The summed E-state index contributed by atoms with van der Waals surface area (Å²) in [5.74, 6) is 4.08. The fourth-order valence-electron chi connectivity index (χ4n) is 6.48. The van der Waals surface area contributed by atoms with E-state index in [0.29, 0.717) is 17.8 Å². The molecule has 0 aromatic heterocycles. The summed E-state index contributed by atoms with van der Waals surface area (Å²) in [6.07, 6.45) is 0. The zero-order valence-electron chi connectivity index (χ0n) is 8.15. The third kappa shape index (κ3) is 0.397. The molecule has 80 valence electrons. The molecule has 2 bridgehead atoms. The first-order valence-corrected chi connectivity index (χ1v) is 6.74. The third-order valence-electron chi connectivity index (χ3n) is 6.45. The predicted octanol–water partition coefficient (Wildman–Crippen LogP) is 0.326. The van der Waals surface area contributed by atoms with Crippen LogP contribution in [0.4, 0.5) is 0 Å². The molecule has 0 unspecified atom stereocenters. The van der Waals surface area contributed by atoms with Gasteiger partial charge in [-0.1, -0.05) is 15.9 Å². The van der Waals surface area contributed by atoms with Gasteiger partial charge in [0.25, 0.3) is 0 Å². The van der Waals surface area contributed by atoms with Gasteiger partial charge in [0.1, 0.15) is 0 Å². The lowest BCUT2D eigenvalue weighted by molar-refractivity contribution is -0.191. The van der Waals surface area contributed by atoms with Crippen molar-refractivity contribution < 1.29 is 9.47 Å². The van der Waals surface area contributed by atoms with Gasteiger partial charge in [0.2, 0.25) is 0 Å². The fraction of sp³-hybridized carbons (Fsp3) is 1.00. The van der Waals surface area contributed by atoms with Crippen LogP contribution in [0.1, 0.15) is 0 Å². The second-order valence-corrected chi connectivity index (χ2v) is 7.60. The highest BCUT2D eigenvalue weighted by Gasteiger charge is 3.08. The van der Waals surface area contributed by atoms with E-state index in [0.717, 1.165) is 31.0 Å².